The highest BCUT2D eigenvalue weighted by atomic mass is 32.2. The first-order valence-electron chi connectivity index (χ1n) is 8.54. The van der Waals surface area contributed by atoms with Crippen LogP contribution >= 0.6 is 0 Å². The van der Waals surface area contributed by atoms with Crippen molar-refractivity contribution in [2.75, 3.05) is 26.3 Å². The van der Waals surface area contributed by atoms with E-state index in [4.69, 9.17) is 14.6 Å². The monoisotopic (exact) mass is 391 g/mol. The lowest BCUT2D eigenvalue weighted by Crippen LogP contribution is -2.40. The fourth-order valence-electron chi connectivity index (χ4n) is 2.71. The van der Waals surface area contributed by atoms with Gasteiger partial charge >= 0.3 is 5.97 Å². The molecule has 0 aromatic heterocycles. The number of aliphatic hydroxyl groups is 1. The van der Waals surface area contributed by atoms with Gasteiger partial charge in [-0.1, -0.05) is 24.3 Å². The van der Waals surface area contributed by atoms with Gasteiger partial charge in [-0.3, -0.25) is 0 Å². The maximum atomic E-state index is 12.7. The Bertz CT molecular complexity index is 889. The third kappa shape index (κ3) is 4.72. The number of sulfonamides is 1. The largest absolute Gasteiger partial charge is 0.457 e. The Labute approximate surface area is 158 Å². The Hall–Kier alpha value is -2.26. The number of esters is 1. The molecule has 3 rings (SSSR count). The van der Waals surface area contributed by atoms with Gasteiger partial charge < -0.3 is 14.6 Å². The van der Waals surface area contributed by atoms with Gasteiger partial charge in [-0.05, 0) is 35.4 Å². The highest BCUT2D eigenvalue weighted by Crippen LogP contribution is 2.19. The van der Waals surface area contributed by atoms with Crippen molar-refractivity contribution in [2.24, 2.45) is 0 Å². The zero-order valence-corrected chi connectivity index (χ0v) is 15.5. The average Bonchev–Trinajstić information content (AvgIpc) is 2.73. The maximum absolute atomic E-state index is 12.7. The van der Waals surface area contributed by atoms with Gasteiger partial charge in [-0.25, -0.2) is 13.2 Å². The summed E-state index contributed by atoms with van der Waals surface area (Å²) in [5.41, 5.74) is 1.65. The number of hydrogen-bond donors (Lipinski definition) is 1. The molecule has 2 aromatic rings. The fourth-order valence-corrected chi connectivity index (χ4v) is 4.19. The van der Waals surface area contributed by atoms with Gasteiger partial charge in [0.2, 0.25) is 10.0 Å². The smallest absolute Gasteiger partial charge is 0.338 e. The zero-order valence-electron chi connectivity index (χ0n) is 14.7. The first-order valence-corrected chi connectivity index (χ1v) is 9.98. The Morgan fingerprint density at radius 3 is 2.44 bits per heavy atom. The lowest BCUT2D eigenvalue weighted by atomic mass is 10.1. The van der Waals surface area contributed by atoms with Crippen LogP contribution in [0.15, 0.2) is 53.4 Å². The molecule has 0 saturated carbocycles. The van der Waals surface area contributed by atoms with Crippen molar-refractivity contribution in [3.63, 3.8) is 0 Å². The topological polar surface area (TPSA) is 93.1 Å². The Morgan fingerprint density at radius 2 is 1.78 bits per heavy atom. The van der Waals surface area contributed by atoms with Crippen LogP contribution in [0.4, 0.5) is 0 Å². The van der Waals surface area contributed by atoms with Gasteiger partial charge in [-0.2, -0.15) is 4.31 Å². The summed E-state index contributed by atoms with van der Waals surface area (Å²) < 4.78 is 37.3. The van der Waals surface area contributed by atoms with Crippen LogP contribution in [0, 0.1) is 0 Å². The number of benzene rings is 2. The average molecular weight is 391 g/mol. The molecule has 1 aliphatic heterocycles. The number of ether oxygens (including phenoxy) is 2. The first-order chi connectivity index (χ1) is 13.0. The Balaban J connectivity index is 1.67. The Morgan fingerprint density at radius 1 is 1.07 bits per heavy atom. The van der Waals surface area contributed by atoms with Crippen molar-refractivity contribution in [1.82, 2.24) is 4.31 Å². The molecule has 8 heteroatoms. The van der Waals surface area contributed by atoms with Gasteiger partial charge in [0.15, 0.2) is 0 Å². The van der Waals surface area contributed by atoms with E-state index in [-0.39, 0.29) is 18.1 Å². The normalized spacial score (nSPS) is 15.4. The molecule has 144 valence electrons. The van der Waals surface area contributed by atoms with Crippen LogP contribution in [-0.2, 0) is 32.7 Å². The van der Waals surface area contributed by atoms with E-state index in [9.17, 15) is 13.2 Å². The second-order valence-electron chi connectivity index (χ2n) is 6.10. The van der Waals surface area contributed by atoms with Crippen LogP contribution in [0.5, 0.6) is 0 Å². The molecule has 1 saturated heterocycles. The van der Waals surface area contributed by atoms with Gasteiger partial charge in [0.05, 0.1) is 30.3 Å². The van der Waals surface area contributed by atoms with Crippen LogP contribution < -0.4 is 0 Å². The minimum atomic E-state index is -3.59. The molecule has 0 atom stereocenters. The second-order valence-corrected chi connectivity index (χ2v) is 8.03. The number of carbonyl (C=O) groups excluding carboxylic acids is 1. The van der Waals surface area contributed by atoms with Gasteiger partial charge in [0.25, 0.3) is 0 Å². The summed E-state index contributed by atoms with van der Waals surface area (Å²) in [5, 5.41) is 9.03. The number of morpholine rings is 1. The van der Waals surface area contributed by atoms with Crippen LogP contribution in [0.2, 0.25) is 0 Å². The van der Waals surface area contributed by atoms with E-state index in [0.29, 0.717) is 43.0 Å². The highest BCUT2D eigenvalue weighted by Gasteiger charge is 2.26. The SMILES string of the molecule is O=C(OCc1cccc(S(=O)(=O)N2CCOCC2)c1)c1ccc(CO)cc1. The molecule has 0 bridgehead atoms. The van der Waals surface area contributed by atoms with Crippen LogP contribution in [-0.4, -0.2) is 50.1 Å². The van der Waals surface area contributed by atoms with E-state index >= 15 is 0 Å². The summed E-state index contributed by atoms with van der Waals surface area (Å²) >= 11 is 0. The molecule has 0 spiro atoms. The first kappa shape index (κ1) is 19.5. The van der Waals surface area contributed by atoms with E-state index in [1.54, 1.807) is 36.4 Å². The minimum absolute atomic E-state index is 0.0347. The predicted octanol–water partition coefficient (Wildman–Crippen LogP) is 1.56. The summed E-state index contributed by atoms with van der Waals surface area (Å²) in [7, 11) is -3.59. The molecule has 0 aliphatic carbocycles. The fraction of sp³-hybridized carbons (Fsp3) is 0.316. The number of rotatable bonds is 6. The van der Waals surface area contributed by atoms with E-state index in [2.05, 4.69) is 0 Å². The summed E-state index contributed by atoms with van der Waals surface area (Å²) in [6, 6.07) is 12.8. The number of aliphatic hydroxyl groups excluding tert-OH is 1. The van der Waals surface area contributed by atoms with Crippen LogP contribution in [0.3, 0.4) is 0 Å². The lowest BCUT2D eigenvalue weighted by molar-refractivity contribution is 0.0472. The van der Waals surface area contributed by atoms with Gasteiger partial charge in [0.1, 0.15) is 6.61 Å². The van der Waals surface area contributed by atoms with Crippen molar-refractivity contribution in [2.45, 2.75) is 18.1 Å². The lowest BCUT2D eigenvalue weighted by Gasteiger charge is -2.26. The van der Waals surface area contributed by atoms with Crippen molar-refractivity contribution in [3.8, 4) is 0 Å². The third-order valence-electron chi connectivity index (χ3n) is 4.25. The third-order valence-corrected chi connectivity index (χ3v) is 6.14. The quantitative estimate of drug-likeness (QED) is 0.751. The number of hydrogen-bond acceptors (Lipinski definition) is 6. The molecule has 1 N–H and O–H groups in total. The zero-order chi connectivity index (χ0) is 19.3. The molecule has 0 amide bonds. The maximum Gasteiger partial charge on any atom is 0.338 e. The van der Waals surface area contributed by atoms with E-state index < -0.39 is 16.0 Å². The summed E-state index contributed by atoms with van der Waals surface area (Å²) in [4.78, 5) is 12.3. The van der Waals surface area contributed by atoms with Gasteiger partial charge in [-0.15, -0.1) is 0 Å². The second kappa shape index (κ2) is 8.62. The van der Waals surface area contributed by atoms with E-state index in [0.717, 1.165) is 0 Å². The van der Waals surface area contributed by atoms with Crippen molar-refractivity contribution >= 4 is 16.0 Å². The minimum Gasteiger partial charge on any atom is -0.457 e. The molecule has 7 nitrogen and oxygen atoms in total. The van der Waals surface area contributed by atoms with E-state index in [1.807, 2.05) is 0 Å². The molecular weight excluding hydrogens is 370 g/mol. The highest BCUT2D eigenvalue weighted by molar-refractivity contribution is 7.89. The van der Waals surface area contributed by atoms with Crippen molar-refractivity contribution in [1.29, 1.82) is 0 Å². The summed E-state index contributed by atoms with van der Waals surface area (Å²) in [6.45, 7) is 1.28. The molecule has 0 unspecified atom stereocenters. The summed E-state index contributed by atoms with van der Waals surface area (Å²) in [6.07, 6.45) is 0. The van der Waals surface area contributed by atoms with Gasteiger partial charge in [0, 0.05) is 13.1 Å². The van der Waals surface area contributed by atoms with Crippen molar-refractivity contribution in [3.05, 3.63) is 65.2 Å². The van der Waals surface area contributed by atoms with Crippen LogP contribution in [0.1, 0.15) is 21.5 Å². The summed E-state index contributed by atoms with van der Waals surface area (Å²) in [5.74, 6) is -0.513. The molecular formula is C19H21NO6S. The number of carbonyl (C=O) groups is 1. The standard InChI is InChI=1S/C19H21NO6S/c21-13-15-4-6-17(7-5-15)19(22)26-14-16-2-1-3-18(12-16)27(23,24)20-8-10-25-11-9-20/h1-7,12,21H,8-11,13-14H2. The predicted molar refractivity (Wildman–Crippen MR) is 97.5 cm³/mol. The molecule has 1 fully saturated rings. The van der Waals surface area contributed by atoms with Crippen molar-refractivity contribution < 1.29 is 27.8 Å². The molecule has 1 aliphatic rings. The number of nitrogens with zero attached hydrogens (tertiary/aromatic N) is 1. The molecule has 1 heterocycles. The molecule has 0 radical (unpaired) electrons. The molecule has 2 aromatic carbocycles. The molecule has 27 heavy (non-hydrogen) atoms. The van der Waals surface area contributed by atoms with E-state index in [1.165, 1.54) is 16.4 Å². The Kier molecular flexibility index (Phi) is 6.22. The van der Waals surface area contributed by atoms with Crippen LogP contribution in [0.25, 0.3) is 0 Å².